The van der Waals surface area contributed by atoms with Crippen molar-refractivity contribution in [1.82, 2.24) is 24.7 Å². The summed E-state index contributed by atoms with van der Waals surface area (Å²) >= 11 is 5.99. The zero-order valence-electron chi connectivity index (χ0n) is 10.7. The van der Waals surface area contributed by atoms with Crippen LogP contribution in [0.3, 0.4) is 0 Å². The molecule has 19 heavy (non-hydrogen) atoms. The third-order valence-electron chi connectivity index (χ3n) is 3.44. The molecule has 1 saturated heterocycles. The van der Waals surface area contributed by atoms with Gasteiger partial charge in [-0.2, -0.15) is 20.1 Å². The van der Waals surface area contributed by atoms with Gasteiger partial charge in [-0.3, -0.25) is 0 Å². The second-order valence-electron chi connectivity index (χ2n) is 4.66. The van der Waals surface area contributed by atoms with Crippen molar-refractivity contribution < 1.29 is 0 Å². The Kier molecular flexibility index (Phi) is 3.33. The molecule has 2 aromatic heterocycles. The van der Waals surface area contributed by atoms with Gasteiger partial charge >= 0.3 is 0 Å². The number of hydrogen-bond acceptors (Lipinski definition) is 5. The Morgan fingerprint density at radius 1 is 1.32 bits per heavy atom. The lowest BCUT2D eigenvalue weighted by atomic mass is 10.1. The molecule has 1 fully saturated rings. The Bertz CT molecular complexity index is 555. The van der Waals surface area contributed by atoms with Crippen molar-refractivity contribution in [2.75, 3.05) is 18.0 Å². The van der Waals surface area contributed by atoms with Gasteiger partial charge in [0.25, 0.3) is 5.95 Å². The van der Waals surface area contributed by atoms with E-state index in [1.54, 1.807) is 17.1 Å². The minimum Gasteiger partial charge on any atom is -0.340 e. The average molecular weight is 279 g/mol. The van der Waals surface area contributed by atoms with Crippen molar-refractivity contribution in [3.8, 4) is 5.95 Å². The summed E-state index contributed by atoms with van der Waals surface area (Å²) in [4.78, 5) is 14.9. The Labute approximate surface area is 116 Å². The van der Waals surface area contributed by atoms with E-state index in [2.05, 4.69) is 31.9 Å². The maximum absolute atomic E-state index is 5.99. The number of hydrogen-bond donors (Lipinski definition) is 0. The molecule has 0 N–H and O–H groups in total. The van der Waals surface area contributed by atoms with Gasteiger partial charge in [0.05, 0.1) is 0 Å². The lowest BCUT2D eigenvalue weighted by molar-refractivity contribution is 0.568. The van der Waals surface area contributed by atoms with E-state index in [9.17, 15) is 0 Å². The summed E-state index contributed by atoms with van der Waals surface area (Å²) in [5.41, 5.74) is 0. The van der Waals surface area contributed by atoms with Gasteiger partial charge < -0.3 is 4.90 Å². The largest absolute Gasteiger partial charge is 0.340 e. The monoisotopic (exact) mass is 278 g/mol. The SMILES string of the molecule is CCC1CCN(c2nc(Cl)nc(-n3cccn3)n2)C1. The molecule has 0 aromatic carbocycles. The number of nitrogens with zero attached hydrogens (tertiary/aromatic N) is 6. The van der Waals surface area contributed by atoms with Crippen LogP contribution in [0.15, 0.2) is 18.5 Å². The van der Waals surface area contributed by atoms with Crippen LogP contribution in [-0.4, -0.2) is 37.8 Å². The molecule has 0 aliphatic carbocycles. The molecule has 0 radical (unpaired) electrons. The topological polar surface area (TPSA) is 59.7 Å². The van der Waals surface area contributed by atoms with Gasteiger partial charge in [-0.1, -0.05) is 13.3 Å². The van der Waals surface area contributed by atoms with Crippen molar-refractivity contribution in [3.05, 3.63) is 23.7 Å². The molecule has 1 unspecified atom stereocenters. The summed E-state index contributed by atoms with van der Waals surface area (Å²) in [6.45, 7) is 4.16. The second kappa shape index (κ2) is 5.13. The Hall–Kier alpha value is -1.69. The van der Waals surface area contributed by atoms with E-state index in [-0.39, 0.29) is 5.28 Å². The van der Waals surface area contributed by atoms with E-state index >= 15 is 0 Å². The molecule has 3 rings (SSSR count). The molecule has 0 saturated carbocycles. The minimum absolute atomic E-state index is 0.204. The molecule has 7 heteroatoms. The van der Waals surface area contributed by atoms with E-state index in [1.165, 1.54) is 12.8 Å². The zero-order valence-corrected chi connectivity index (χ0v) is 11.5. The highest BCUT2D eigenvalue weighted by Crippen LogP contribution is 2.23. The molecule has 0 amide bonds. The van der Waals surface area contributed by atoms with E-state index < -0.39 is 0 Å². The molecule has 6 nitrogen and oxygen atoms in total. The maximum atomic E-state index is 5.99. The standard InChI is InChI=1S/C12H15ClN6/c1-2-9-4-7-18(8-9)11-15-10(13)16-12(17-11)19-6-3-5-14-19/h3,5-6,9H,2,4,7-8H2,1H3. The fraction of sp³-hybridized carbons (Fsp3) is 0.500. The van der Waals surface area contributed by atoms with Gasteiger partial charge in [0.2, 0.25) is 11.2 Å². The lowest BCUT2D eigenvalue weighted by Crippen LogP contribution is -2.23. The molecule has 1 atom stereocenters. The summed E-state index contributed by atoms with van der Waals surface area (Å²) in [6, 6.07) is 1.82. The highest BCUT2D eigenvalue weighted by Gasteiger charge is 2.24. The first-order chi connectivity index (χ1) is 9.26. The van der Waals surface area contributed by atoms with Crippen molar-refractivity contribution >= 4 is 17.5 Å². The predicted octanol–water partition coefficient (Wildman–Crippen LogP) is 1.95. The van der Waals surface area contributed by atoms with E-state index in [0.29, 0.717) is 17.8 Å². The van der Waals surface area contributed by atoms with Crippen LogP contribution in [-0.2, 0) is 0 Å². The number of rotatable bonds is 3. The first kappa shape index (κ1) is 12.3. The van der Waals surface area contributed by atoms with Gasteiger partial charge in [-0.15, -0.1) is 0 Å². The van der Waals surface area contributed by atoms with Crippen molar-refractivity contribution in [3.63, 3.8) is 0 Å². The normalized spacial score (nSPS) is 19.1. The Balaban J connectivity index is 1.90. The van der Waals surface area contributed by atoms with Crippen LogP contribution in [0.5, 0.6) is 0 Å². The summed E-state index contributed by atoms with van der Waals surface area (Å²) in [5.74, 6) is 1.81. The highest BCUT2D eigenvalue weighted by molar-refractivity contribution is 6.28. The summed E-state index contributed by atoms with van der Waals surface area (Å²) in [5, 5.41) is 4.32. The second-order valence-corrected chi connectivity index (χ2v) is 5.00. The summed E-state index contributed by atoms with van der Waals surface area (Å²) in [6.07, 6.45) is 5.83. The maximum Gasteiger partial charge on any atom is 0.256 e. The average Bonchev–Trinajstić information content (AvgIpc) is 3.09. The summed E-state index contributed by atoms with van der Waals surface area (Å²) < 4.78 is 1.59. The third kappa shape index (κ3) is 2.53. The van der Waals surface area contributed by atoms with Gasteiger partial charge in [-0.25, -0.2) is 4.68 Å². The molecule has 1 aliphatic heterocycles. The summed E-state index contributed by atoms with van der Waals surface area (Å²) in [7, 11) is 0. The van der Waals surface area contributed by atoms with Crippen LogP contribution in [0.25, 0.3) is 5.95 Å². The molecule has 3 heterocycles. The molecule has 1 aliphatic rings. The molecule has 2 aromatic rings. The smallest absolute Gasteiger partial charge is 0.256 e. The lowest BCUT2D eigenvalue weighted by Gasteiger charge is -2.16. The van der Waals surface area contributed by atoms with Gasteiger partial charge in [0, 0.05) is 25.5 Å². The van der Waals surface area contributed by atoms with Gasteiger partial charge in [-0.05, 0) is 30.0 Å². The number of aromatic nitrogens is 5. The fourth-order valence-electron chi connectivity index (χ4n) is 2.31. The van der Waals surface area contributed by atoms with Crippen LogP contribution >= 0.6 is 11.6 Å². The Morgan fingerprint density at radius 3 is 2.84 bits per heavy atom. The van der Waals surface area contributed by atoms with Gasteiger partial charge in [0.15, 0.2) is 0 Å². The van der Waals surface area contributed by atoms with Crippen LogP contribution in [0.1, 0.15) is 19.8 Å². The van der Waals surface area contributed by atoms with Crippen LogP contribution in [0.2, 0.25) is 5.28 Å². The van der Waals surface area contributed by atoms with E-state index in [4.69, 9.17) is 11.6 Å². The number of anilines is 1. The van der Waals surface area contributed by atoms with Gasteiger partial charge in [0.1, 0.15) is 0 Å². The molecule has 0 spiro atoms. The van der Waals surface area contributed by atoms with Crippen molar-refractivity contribution in [1.29, 1.82) is 0 Å². The molecule has 100 valence electrons. The minimum atomic E-state index is 0.204. The fourth-order valence-corrected chi connectivity index (χ4v) is 2.46. The Morgan fingerprint density at radius 2 is 2.16 bits per heavy atom. The highest BCUT2D eigenvalue weighted by atomic mass is 35.5. The predicted molar refractivity (Wildman–Crippen MR) is 72.6 cm³/mol. The molecular formula is C12H15ClN6. The molecule has 0 bridgehead atoms. The number of halogens is 1. The van der Waals surface area contributed by atoms with Crippen LogP contribution in [0, 0.1) is 5.92 Å². The van der Waals surface area contributed by atoms with Crippen LogP contribution < -0.4 is 4.90 Å². The first-order valence-electron chi connectivity index (χ1n) is 6.43. The zero-order chi connectivity index (χ0) is 13.2. The molecular weight excluding hydrogens is 264 g/mol. The third-order valence-corrected chi connectivity index (χ3v) is 3.61. The van der Waals surface area contributed by atoms with E-state index in [1.807, 2.05) is 6.07 Å². The first-order valence-corrected chi connectivity index (χ1v) is 6.80. The van der Waals surface area contributed by atoms with E-state index in [0.717, 1.165) is 13.1 Å². The van der Waals surface area contributed by atoms with Crippen LogP contribution in [0.4, 0.5) is 5.95 Å². The van der Waals surface area contributed by atoms with Crippen molar-refractivity contribution in [2.45, 2.75) is 19.8 Å². The quantitative estimate of drug-likeness (QED) is 0.859. The van der Waals surface area contributed by atoms with Crippen molar-refractivity contribution in [2.24, 2.45) is 5.92 Å².